The summed E-state index contributed by atoms with van der Waals surface area (Å²) >= 11 is 3.09. The van der Waals surface area contributed by atoms with Gasteiger partial charge in [-0.05, 0) is 47.4 Å². The van der Waals surface area contributed by atoms with Crippen LogP contribution in [-0.2, 0) is 4.79 Å². The van der Waals surface area contributed by atoms with Gasteiger partial charge >= 0.3 is 0 Å². The van der Waals surface area contributed by atoms with E-state index in [2.05, 4.69) is 21.2 Å². The number of nitrogens with one attached hydrogen (secondary N) is 1. The summed E-state index contributed by atoms with van der Waals surface area (Å²) in [4.78, 5) is 21.6. The van der Waals surface area contributed by atoms with Crippen molar-refractivity contribution in [1.29, 1.82) is 0 Å². The molecule has 0 aliphatic carbocycles. The largest absolute Gasteiger partial charge is 0.330 e. The number of hydrogen-bond donors (Lipinski definition) is 2. The fourth-order valence-corrected chi connectivity index (χ4v) is 1.91. The normalized spacial score (nSPS) is 10.1. The van der Waals surface area contributed by atoms with Crippen molar-refractivity contribution < 1.29 is 9.72 Å². The van der Waals surface area contributed by atoms with E-state index in [0.717, 1.165) is 12.8 Å². The number of hydrogen-bond acceptors (Lipinski definition) is 4. The average Bonchev–Trinajstić information content (AvgIpc) is 2.28. The molecule has 1 aromatic carbocycles. The smallest absolute Gasteiger partial charge is 0.283 e. The van der Waals surface area contributed by atoms with E-state index in [1.807, 2.05) is 0 Å². The minimum Gasteiger partial charge on any atom is -0.330 e. The highest BCUT2D eigenvalue weighted by Crippen LogP contribution is 2.27. The number of unbranched alkanes of at least 4 members (excludes halogenated alkanes) is 1. The highest BCUT2D eigenvalue weighted by molar-refractivity contribution is 9.10. The number of halogens is 1. The van der Waals surface area contributed by atoms with E-state index in [0.29, 0.717) is 23.1 Å². The van der Waals surface area contributed by atoms with Crippen LogP contribution >= 0.6 is 15.9 Å². The molecule has 0 radical (unpaired) electrons. The molecular formula is C11H14BrN3O3. The van der Waals surface area contributed by atoms with E-state index >= 15 is 0 Å². The molecule has 0 saturated heterocycles. The van der Waals surface area contributed by atoms with Gasteiger partial charge in [0.25, 0.3) is 5.69 Å². The van der Waals surface area contributed by atoms with Gasteiger partial charge in [0.1, 0.15) is 0 Å². The Kier molecular flexibility index (Phi) is 5.73. The lowest BCUT2D eigenvalue weighted by molar-refractivity contribution is -0.385. The summed E-state index contributed by atoms with van der Waals surface area (Å²) in [6.07, 6.45) is 1.93. The fraction of sp³-hybridized carbons (Fsp3) is 0.364. The van der Waals surface area contributed by atoms with Crippen LogP contribution in [0.4, 0.5) is 11.4 Å². The molecule has 0 spiro atoms. The lowest BCUT2D eigenvalue weighted by Gasteiger charge is -2.05. The van der Waals surface area contributed by atoms with Gasteiger partial charge in [0.15, 0.2) is 0 Å². The van der Waals surface area contributed by atoms with E-state index in [1.54, 1.807) is 0 Å². The first-order chi connectivity index (χ1) is 8.54. The van der Waals surface area contributed by atoms with Crippen LogP contribution in [0.25, 0.3) is 0 Å². The van der Waals surface area contributed by atoms with Gasteiger partial charge in [-0.3, -0.25) is 14.9 Å². The lowest BCUT2D eigenvalue weighted by Crippen LogP contribution is -2.12. The molecule has 0 heterocycles. The SMILES string of the molecule is NCCCCC(=O)Nc1ccc([N+](=O)[O-])c(Br)c1. The highest BCUT2D eigenvalue weighted by Gasteiger charge is 2.12. The molecule has 6 nitrogen and oxygen atoms in total. The van der Waals surface area contributed by atoms with Crippen molar-refractivity contribution in [2.75, 3.05) is 11.9 Å². The third kappa shape index (κ3) is 4.42. The zero-order valence-corrected chi connectivity index (χ0v) is 11.3. The van der Waals surface area contributed by atoms with Crippen LogP contribution in [0.5, 0.6) is 0 Å². The van der Waals surface area contributed by atoms with E-state index in [1.165, 1.54) is 18.2 Å². The number of nitrogens with two attached hydrogens (primary N) is 1. The quantitative estimate of drug-likeness (QED) is 0.478. The first-order valence-electron chi connectivity index (χ1n) is 5.48. The molecule has 0 atom stereocenters. The number of carbonyl (C=O) groups excluding carboxylic acids is 1. The number of benzene rings is 1. The maximum absolute atomic E-state index is 11.5. The lowest BCUT2D eigenvalue weighted by atomic mass is 10.2. The van der Waals surface area contributed by atoms with Crippen LogP contribution in [0, 0.1) is 10.1 Å². The Bertz CT molecular complexity index is 451. The molecule has 3 N–H and O–H groups in total. The van der Waals surface area contributed by atoms with E-state index in [9.17, 15) is 14.9 Å². The summed E-state index contributed by atoms with van der Waals surface area (Å²) in [5, 5.41) is 13.3. The van der Waals surface area contributed by atoms with Crippen LogP contribution in [0.15, 0.2) is 22.7 Å². The highest BCUT2D eigenvalue weighted by atomic mass is 79.9. The second-order valence-electron chi connectivity index (χ2n) is 3.72. The molecule has 0 saturated carbocycles. The summed E-state index contributed by atoms with van der Waals surface area (Å²) in [7, 11) is 0. The van der Waals surface area contributed by atoms with Gasteiger partial charge < -0.3 is 11.1 Å². The number of nitrogens with zero attached hydrogens (tertiary/aromatic N) is 1. The molecule has 18 heavy (non-hydrogen) atoms. The predicted molar refractivity (Wildman–Crippen MR) is 72.3 cm³/mol. The number of anilines is 1. The van der Waals surface area contributed by atoms with E-state index < -0.39 is 4.92 Å². The van der Waals surface area contributed by atoms with Gasteiger partial charge in [0.05, 0.1) is 9.40 Å². The van der Waals surface area contributed by atoms with Crippen LogP contribution in [-0.4, -0.2) is 17.4 Å². The summed E-state index contributed by atoms with van der Waals surface area (Å²) in [6.45, 7) is 0.566. The van der Waals surface area contributed by atoms with Crippen molar-refractivity contribution in [2.45, 2.75) is 19.3 Å². The van der Waals surface area contributed by atoms with Crippen LogP contribution < -0.4 is 11.1 Å². The third-order valence-corrected chi connectivity index (χ3v) is 2.92. The van der Waals surface area contributed by atoms with Gasteiger partial charge in [0.2, 0.25) is 5.91 Å². The Morgan fingerprint density at radius 2 is 2.17 bits per heavy atom. The Morgan fingerprint density at radius 1 is 1.44 bits per heavy atom. The van der Waals surface area contributed by atoms with Crippen molar-refractivity contribution in [2.24, 2.45) is 5.73 Å². The number of amides is 1. The second kappa shape index (κ2) is 7.07. The van der Waals surface area contributed by atoms with Crippen LogP contribution in [0.3, 0.4) is 0 Å². The minimum atomic E-state index is -0.489. The Morgan fingerprint density at radius 3 is 2.72 bits per heavy atom. The van der Waals surface area contributed by atoms with E-state index in [-0.39, 0.29) is 11.6 Å². The maximum atomic E-state index is 11.5. The van der Waals surface area contributed by atoms with E-state index in [4.69, 9.17) is 5.73 Å². The number of rotatable bonds is 6. The zero-order valence-electron chi connectivity index (χ0n) is 9.69. The first kappa shape index (κ1) is 14.6. The molecule has 1 rings (SSSR count). The Labute approximate surface area is 113 Å². The van der Waals surface area contributed by atoms with Gasteiger partial charge in [0, 0.05) is 18.2 Å². The van der Waals surface area contributed by atoms with Crippen molar-refractivity contribution >= 4 is 33.2 Å². The standard InChI is InChI=1S/C11H14BrN3O3/c12-9-7-8(4-5-10(9)15(17)18)14-11(16)3-1-2-6-13/h4-5,7H,1-3,6,13H2,(H,14,16). The molecule has 1 amide bonds. The molecule has 0 bridgehead atoms. The number of nitro benzene ring substituents is 1. The molecule has 98 valence electrons. The predicted octanol–water partition coefficient (Wildman–Crippen LogP) is 2.42. The molecule has 1 aromatic rings. The first-order valence-corrected chi connectivity index (χ1v) is 6.27. The van der Waals surface area contributed by atoms with Crippen molar-refractivity contribution in [3.05, 3.63) is 32.8 Å². The monoisotopic (exact) mass is 315 g/mol. The minimum absolute atomic E-state index is 0.0314. The molecule has 0 aliphatic heterocycles. The summed E-state index contributed by atoms with van der Waals surface area (Å²) in [5.74, 6) is -0.121. The van der Waals surface area contributed by atoms with Gasteiger partial charge in [-0.1, -0.05) is 0 Å². The average molecular weight is 316 g/mol. The van der Waals surface area contributed by atoms with Crippen molar-refractivity contribution in [3.63, 3.8) is 0 Å². The molecule has 0 aliphatic rings. The molecule has 0 aromatic heterocycles. The summed E-state index contributed by atoms with van der Waals surface area (Å²) in [5.41, 5.74) is 5.83. The topological polar surface area (TPSA) is 98.3 Å². The van der Waals surface area contributed by atoms with Crippen molar-refractivity contribution in [3.8, 4) is 0 Å². The van der Waals surface area contributed by atoms with Crippen LogP contribution in [0.2, 0.25) is 0 Å². The van der Waals surface area contributed by atoms with Gasteiger partial charge in [-0.25, -0.2) is 0 Å². The van der Waals surface area contributed by atoms with Crippen molar-refractivity contribution in [1.82, 2.24) is 0 Å². The molecule has 0 fully saturated rings. The molecular weight excluding hydrogens is 302 g/mol. The zero-order chi connectivity index (χ0) is 13.5. The van der Waals surface area contributed by atoms with Gasteiger partial charge in [-0.2, -0.15) is 0 Å². The third-order valence-electron chi connectivity index (χ3n) is 2.29. The fourth-order valence-electron chi connectivity index (χ4n) is 1.39. The molecule has 0 unspecified atom stereocenters. The Balaban J connectivity index is 2.60. The van der Waals surface area contributed by atoms with Crippen LogP contribution in [0.1, 0.15) is 19.3 Å². The number of carbonyl (C=O) groups is 1. The summed E-state index contributed by atoms with van der Waals surface area (Å²) < 4.78 is 0.340. The molecule has 7 heteroatoms. The maximum Gasteiger partial charge on any atom is 0.283 e. The second-order valence-corrected chi connectivity index (χ2v) is 4.57. The number of nitro groups is 1. The summed E-state index contributed by atoms with van der Waals surface area (Å²) in [6, 6.07) is 4.36. The van der Waals surface area contributed by atoms with Gasteiger partial charge in [-0.15, -0.1) is 0 Å². The Hall–Kier alpha value is -1.47.